The zero-order chi connectivity index (χ0) is 20.6. The molecule has 0 radical (unpaired) electrons. The van der Waals surface area contributed by atoms with Crippen molar-refractivity contribution in [1.29, 1.82) is 0 Å². The number of ether oxygens (including phenoxy) is 1. The quantitative estimate of drug-likeness (QED) is 0.305. The summed E-state index contributed by atoms with van der Waals surface area (Å²) in [5, 5.41) is 14.4. The molecular weight excluding hydrogens is 485 g/mol. The van der Waals surface area contributed by atoms with Gasteiger partial charge in [0, 0.05) is 38.7 Å². The van der Waals surface area contributed by atoms with Gasteiger partial charge in [-0.05, 0) is 33.6 Å². The van der Waals surface area contributed by atoms with E-state index in [-0.39, 0.29) is 48.1 Å². The number of hydrogen-bond acceptors (Lipinski definition) is 5. The summed E-state index contributed by atoms with van der Waals surface area (Å²) in [6.45, 7) is 11.0. The van der Waals surface area contributed by atoms with E-state index >= 15 is 0 Å². The van der Waals surface area contributed by atoms with Crippen LogP contribution in [0.15, 0.2) is 11.3 Å². The lowest BCUT2D eigenvalue weighted by atomic mass is 10.1. The molecule has 0 bridgehead atoms. The topological polar surface area (TPSA) is 96.7 Å². The fraction of sp³-hybridized carbons (Fsp3) is 0.789. The lowest BCUT2D eigenvalue weighted by molar-refractivity contribution is -0.122. The van der Waals surface area contributed by atoms with Crippen LogP contribution in [0.2, 0.25) is 0 Å². The van der Waals surface area contributed by atoms with Crippen LogP contribution in [0, 0.1) is 0 Å². The van der Waals surface area contributed by atoms with Gasteiger partial charge in [0.05, 0.1) is 19.2 Å². The maximum Gasteiger partial charge on any atom is 0.240 e. The molecule has 0 saturated carbocycles. The maximum absolute atomic E-state index is 12.3. The van der Waals surface area contributed by atoms with Crippen LogP contribution in [0.5, 0.6) is 0 Å². The van der Waals surface area contributed by atoms with Gasteiger partial charge in [-0.1, -0.05) is 6.92 Å². The molecule has 1 saturated heterocycles. The molecule has 0 aliphatic carbocycles. The largest absolute Gasteiger partial charge is 0.376 e. The van der Waals surface area contributed by atoms with E-state index in [0.717, 1.165) is 38.2 Å². The summed E-state index contributed by atoms with van der Waals surface area (Å²) in [6.07, 6.45) is 4.86. The van der Waals surface area contributed by atoms with Gasteiger partial charge >= 0.3 is 0 Å². The second-order valence-corrected chi connectivity index (χ2v) is 8.17. The standard InChI is InChI=1S/C19H35N7O2.HI/c1-6-16-24-22-14-26(16)10-9-20-18(21-12-15-8-7-11-28-15)25(5)13-17(27)23-19(2,3)4;/h14-15H,6-13H2,1-5H3,(H,20,21)(H,23,27);1H. The van der Waals surface area contributed by atoms with Crippen molar-refractivity contribution in [3.63, 3.8) is 0 Å². The summed E-state index contributed by atoms with van der Waals surface area (Å²) >= 11 is 0. The van der Waals surface area contributed by atoms with Crippen molar-refractivity contribution < 1.29 is 9.53 Å². The van der Waals surface area contributed by atoms with Gasteiger partial charge in [0.1, 0.15) is 12.2 Å². The van der Waals surface area contributed by atoms with Crippen LogP contribution in [0.25, 0.3) is 0 Å². The smallest absolute Gasteiger partial charge is 0.240 e. The zero-order valence-corrected chi connectivity index (χ0v) is 20.6. The van der Waals surface area contributed by atoms with Crippen LogP contribution in [0.3, 0.4) is 0 Å². The molecule has 9 nitrogen and oxygen atoms in total. The van der Waals surface area contributed by atoms with E-state index < -0.39 is 0 Å². The number of likely N-dealkylation sites (N-methyl/N-ethyl adjacent to an activating group) is 1. The van der Waals surface area contributed by atoms with Gasteiger partial charge in [-0.2, -0.15) is 0 Å². The number of nitrogens with zero attached hydrogens (tertiary/aromatic N) is 5. The predicted molar refractivity (Wildman–Crippen MR) is 125 cm³/mol. The van der Waals surface area contributed by atoms with E-state index in [1.807, 2.05) is 37.3 Å². The van der Waals surface area contributed by atoms with Crippen molar-refractivity contribution in [3.05, 3.63) is 12.2 Å². The van der Waals surface area contributed by atoms with Crippen molar-refractivity contribution in [1.82, 2.24) is 30.3 Å². The number of carbonyl (C=O) groups is 1. The second kappa shape index (κ2) is 12.3. The highest BCUT2D eigenvalue weighted by molar-refractivity contribution is 14.0. The molecule has 2 rings (SSSR count). The Morgan fingerprint density at radius 2 is 2.21 bits per heavy atom. The van der Waals surface area contributed by atoms with Gasteiger partial charge in [0.25, 0.3) is 0 Å². The summed E-state index contributed by atoms with van der Waals surface area (Å²) in [6, 6.07) is 0. The lowest BCUT2D eigenvalue weighted by Crippen LogP contribution is -2.49. The molecule has 1 fully saturated rings. The lowest BCUT2D eigenvalue weighted by Gasteiger charge is -2.26. The molecule has 0 aromatic carbocycles. The molecule has 2 N–H and O–H groups in total. The molecule has 1 atom stereocenters. The molecule has 0 spiro atoms. The molecule has 1 unspecified atom stereocenters. The molecule has 1 aliphatic heterocycles. The van der Waals surface area contributed by atoms with Gasteiger partial charge < -0.3 is 24.8 Å². The number of aryl methyl sites for hydroxylation is 1. The number of carbonyl (C=O) groups excluding carboxylic acids is 1. The van der Waals surface area contributed by atoms with Gasteiger partial charge in [0.15, 0.2) is 5.96 Å². The summed E-state index contributed by atoms with van der Waals surface area (Å²) in [5.41, 5.74) is -0.259. The van der Waals surface area contributed by atoms with Crippen molar-refractivity contribution >= 4 is 35.8 Å². The predicted octanol–water partition coefficient (Wildman–Crippen LogP) is 1.43. The highest BCUT2D eigenvalue weighted by Crippen LogP contribution is 2.12. The Labute approximate surface area is 191 Å². The van der Waals surface area contributed by atoms with Gasteiger partial charge in [-0.25, -0.2) is 0 Å². The summed E-state index contributed by atoms with van der Waals surface area (Å²) in [7, 11) is 1.87. The molecule has 1 aromatic heterocycles. The minimum atomic E-state index is -0.259. The van der Waals surface area contributed by atoms with Gasteiger partial charge in [-0.15, -0.1) is 34.2 Å². The molecular formula is C19H36IN7O2. The number of rotatable bonds is 8. The minimum absolute atomic E-state index is 0. The average Bonchev–Trinajstić information content (AvgIpc) is 3.27. The number of halogens is 1. The first-order chi connectivity index (χ1) is 13.3. The fourth-order valence-electron chi connectivity index (χ4n) is 3.06. The van der Waals surface area contributed by atoms with Crippen molar-refractivity contribution in [2.45, 2.75) is 65.1 Å². The van der Waals surface area contributed by atoms with E-state index in [9.17, 15) is 4.79 Å². The highest BCUT2D eigenvalue weighted by Gasteiger charge is 2.19. The number of hydrogen-bond donors (Lipinski definition) is 2. The highest BCUT2D eigenvalue weighted by atomic mass is 127. The third-order valence-electron chi connectivity index (χ3n) is 4.37. The van der Waals surface area contributed by atoms with Crippen LogP contribution in [0.4, 0.5) is 0 Å². The third-order valence-corrected chi connectivity index (χ3v) is 4.37. The van der Waals surface area contributed by atoms with Crippen LogP contribution in [0.1, 0.15) is 46.4 Å². The van der Waals surface area contributed by atoms with Crippen LogP contribution >= 0.6 is 24.0 Å². The number of aliphatic imine (C=N–C) groups is 1. The first-order valence-electron chi connectivity index (χ1n) is 10.1. The Kier molecular flexibility index (Phi) is 10.9. The second-order valence-electron chi connectivity index (χ2n) is 8.17. The Balaban J connectivity index is 0.00000420. The Hall–Kier alpha value is -1.43. The van der Waals surface area contributed by atoms with Gasteiger partial charge in [-0.3, -0.25) is 9.79 Å². The maximum atomic E-state index is 12.3. The Morgan fingerprint density at radius 3 is 2.83 bits per heavy atom. The van der Waals surface area contributed by atoms with E-state index in [4.69, 9.17) is 9.73 Å². The van der Waals surface area contributed by atoms with Crippen LogP contribution in [-0.2, 0) is 22.5 Å². The van der Waals surface area contributed by atoms with Crippen LogP contribution < -0.4 is 10.6 Å². The van der Waals surface area contributed by atoms with E-state index in [0.29, 0.717) is 19.0 Å². The normalized spacial score (nSPS) is 17.0. The molecule has 2 heterocycles. The van der Waals surface area contributed by atoms with Crippen molar-refractivity contribution in [2.75, 3.05) is 33.3 Å². The minimum Gasteiger partial charge on any atom is -0.376 e. The summed E-state index contributed by atoms with van der Waals surface area (Å²) in [5.74, 6) is 1.62. The molecule has 10 heteroatoms. The molecule has 1 aliphatic rings. The number of amides is 1. The SMILES string of the molecule is CCc1nncn1CCNC(=NCC1CCCO1)N(C)CC(=O)NC(C)(C)C.I. The third kappa shape index (κ3) is 9.28. The molecule has 1 amide bonds. The zero-order valence-electron chi connectivity index (χ0n) is 18.3. The average molecular weight is 521 g/mol. The Bertz CT molecular complexity index is 651. The van der Waals surface area contributed by atoms with Crippen molar-refractivity contribution in [2.24, 2.45) is 4.99 Å². The first-order valence-corrected chi connectivity index (χ1v) is 10.1. The number of guanidine groups is 1. The van der Waals surface area contributed by atoms with Crippen LogP contribution in [-0.4, -0.2) is 76.5 Å². The van der Waals surface area contributed by atoms with Gasteiger partial charge in [0.2, 0.25) is 5.91 Å². The monoisotopic (exact) mass is 521 g/mol. The molecule has 166 valence electrons. The van der Waals surface area contributed by atoms with E-state index in [1.165, 1.54) is 0 Å². The Morgan fingerprint density at radius 1 is 1.45 bits per heavy atom. The summed E-state index contributed by atoms with van der Waals surface area (Å²) < 4.78 is 7.70. The number of aromatic nitrogens is 3. The van der Waals surface area contributed by atoms with E-state index in [2.05, 4.69) is 27.8 Å². The fourth-order valence-corrected chi connectivity index (χ4v) is 3.06. The molecule has 29 heavy (non-hydrogen) atoms. The number of nitrogens with one attached hydrogen (secondary N) is 2. The van der Waals surface area contributed by atoms with E-state index in [1.54, 1.807) is 6.33 Å². The molecule has 1 aromatic rings. The summed E-state index contributed by atoms with van der Waals surface area (Å²) in [4.78, 5) is 18.8. The van der Waals surface area contributed by atoms with Crippen molar-refractivity contribution in [3.8, 4) is 0 Å². The first kappa shape index (κ1) is 25.6.